The van der Waals surface area contributed by atoms with Crippen molar-refractivity contribution in [3.8, 4) is 0 Å². The molecule has 0 aromatic heterocycles. The van der Waals surface area contributed by atoms with Gasteiger partial charge in [-0.2, -0.15) is 0 Å². The van der Waals surface area contributed by atoms with Crippen LogP contribution in [-0.4, -0.2) is 117 Å². The minimum absolute atomic E-state index is 0.0869. The lowest BCUT2D eigenvalue weighted by Crippen LogP contribution is -2.36. The van der Waals surface area contributed by atoms with E-state index in [4.69, 9.17) is 33.2 Å². The van der Waals surface area contributed by atoms with E-state index in [1.54, 1.807) is 0 Å². The number of rotatable bonds is 24. The second-order valence-electron chi connectivity index (χ2n) is 9.77. The Morgan fingerprint density at radius 2 is 1.06 bits per heavy atom. The molecule has 19 nitrogen and oxygen atoms in total. The van der Waals surface area contributed by atoms with Crippen molar-refractivity contribution in [2.75, 3.05) is 59.3 Å². The van der Waals surface area contributed by atoms with Crippen LogP contribution in [0.5, 0.6) is 0 Å². The number of hydrogen-bond acceptors (Lipinski definition) is 15. The summed E-state index contributed by atoms with van der Waals surface area (Å²) in [5.74, 6) is -2.75. The van der Waals surface area contributed by atoms with Gasteiger partial charge in [0, 0.05) is 23.1 Å². The summed E-state index contributed by atoms with van der Waals surface area (Å²) >= 11 is 0. The largest absolute Gasteiger partial charge is 0.470 e. The fourth-order valence-electron chi connectivity index (χ4n) is 2.78. The van der Waals surface area contributed by atoms with Gasteiger partial charge in [0.1, 0.15) is 32.5 Å². The molecule has 0 bridgehead atoms. The van der Waals surface area contributed by atoms with Gasteiger partial charge < -0.3 is 53.6 Å². The van der Waals surface area contributed by atoms with E-state index < -0.39 is 82.5 Å². The van der Waals surface area contributed by atoms with Crippen LogP contribution in [0, 0.1) is 0 Å². The molecule has 0 aliphatic heterocycles. The van der Waals surface area contributed by atoms with Crippen LogP contribution < -0.4 is 10.6 Å². The minimum Gasteiger partial charge on any atom is -0.462 e. The molecule has 2 amide bonds. The Kier molecular flexibility index (Phi) is 21.8. The summed E-state index contributed by atoms with van der Waals surface area (Å²) in [5, 5.41) is 4.56. The number of nitrogens with one attached hydrogen (secondary N) is 2. The number of alkyl carbamates (subject to hydrolysis) is 2. The smallest absolute Gasteiger partial charge is 0.462 e. The molecule has 2 atom stereocenters. The minimum atomic E-state index is -5.09. The second kappa shape index (κ2) is 23.9. The summed E-state index contributed by atoms with van der Waals surface area (Å²) in [7, 11) is -5.09. The maximum absolute atomic E-state index is 12.4. The maximum Gasteiger partial charge on any atom is 0.470 e. The first-order valence-corrected chi connectivity index (χ1v) is 15.7. The highest BCUT2D eigenvalue weighted by Gasteiger charge is 2.25. The predicted molar refractivity (Wildman–Crippen MR) is 163 cm³/mol. The van der Waals surface area contributed by atoms with Crippen LogP contribution in [0.2, 0.25) is 0 Å². The fraction of sp³-hybridized carbons (Fsp3) is 0.571. The molecule has 20 heteroatoms. The van der Waals surface area contributed by atoms with Gasteiger partial charge in [-0.15, -0.1) is 0 Å². The fourth-order valence-corrected chi connectivity index (χ4v) is 3.29. The molecule has 4 N–H and O–H groups in total. The molecule has 0 spiro atoms. The van der Waals surface area contributed by atoms with E-state index in [0.29, 0.717) is 0 Å². The summed E-state index contributed by atoms with van der Waals surface area (Å²) in [4.78, 5) is 89.1. The van der Waals surface area contributed by atoms with Crippen molar-refractivity contribution in [3.63, 3.8) is 0 Å². The molecular weight excluding hydrogens is 667 g/mol. The Labute approximate surface area is 277 Å². The molecule has 0 saturated carbocycles. The molecule has 0 aromatic carbocycles. The van der Waals surface area contributed by atoms with Crippen LogP contribution in [0.25, 0.3) is 0 Å². The highest BCUT2D eigenvalue weighted by molar-refractivity contribution is 7.46. The van der Waals surface area contributed by atoms with Crippen LogP contribution in [-0.2, 0) is 61.4 Å². The van der Waals surface area contributed by atoms with Crippen molar-refractivity contribution in [3.05, 3.63) is 36.5 Å². The standard InChI is InChI=1S/C28H43N2O17P/c1-18(2)24(32)41-11-7-8-23(31)46-21(16-44-27(35)29-9-12-42-25(33)19(3)4)14-40-15-22(47-48(37,38)39)17-45-28(36)30-10-13-43-26(34)20(5)6/h21-22H,1,3,5,7-17H2,2,4,6H3,(H,29,35)(H,30,36)(H2,37,38,39). The zero-order chi connectivity index (χ0) is 36.7. The summed E-state index contributed by atoms with van der Waals surface area (Å²) in [6.07, 6.45) is -4.88. The molecule has 2 unspecified atom stereocenters. The number of phosphoric acid groups is 1. The SMILES string of the molecule is C=C(C)C(=O)OCCCC(=O)OC(COCC(COC(=O)NCCOC(=O)C(=C)C)OP(=O)(O)O)COC(=O)NCCOC(=O)C(=C)C. The Morgan fingerprint density at radius 3 is 1.50 bits per heavy atom. The van der Waals surface area contributed by atoms with Gasteiger partial charge >= 0.3 is 43.9 Å². The highest BCUT2D eigenvalue weighted by Crippen LogP contribution is 2.37. The van der Waals surface area contributed by atoms with E-state index in [1.807, 2.05) is 0 Å². The number of ether oxygens (including phenoxy) is 7. The molecule has 0 aromatic rings. The lowest BCUT2D eigenvalue weighted by Gasteiger charge is -2.21. The first-order valence-electron chi connectivity index (χ1n) is 14.2. The zero-order valence-corrected chi connectivity index (χ0v) is 27.9. The first kappa shape index (κ1) is 43.7. The molecule has 272 valence electrons. The average Bonchev–Trinajstić information content (AvgIpc) is 2.99. The molecule has 0 aliphatic rings. The van der Waals surface area contributed by atoms with Gasteiger partial charge in [0.25, 0.3) is 0 Å². The molecule has 0 aliphatic carbocycles. The molecule has 0 rings (SSSR count). The molecule has 0 heterocycles. The van der Waals surface area contributed by atoms with Crippen molar-refractivity contribution >= 4 is 43.9 Å². The number of amides is 2. The number of esters is 4. The lowest BCUT2D eigenvalue weighted by atomic mass is 10.3. The number of hydrogen-bond donors (Lipinski definition) is 4. The summed E-state index contributed by atoms with van der Waals surface area (Å²) < 4.78 is 51.1. The van der Waals surface area contributed by atoms with Crippen LogP contribution in [0.4, 0.5) is 9.59 Å². The van der Waals surface area contributed by atoms with Crippen LogP contribution >= 0.6 is 7.82 Å². The second-order valence-corrected chi connectivity index (χ2v) is 11.0. The first-order chi connectivity index (χ1) is 22.4. The van der Waals surface area contributed by atoms with E-state index in [0.717, 1.165) is 0 Å². The van der Waals surface area contributed by atoms with Gasteiger partial charge in [-0.25, -0.2) is 28.5 Å². The van der Waals surface area contributed by atoms with Crippen molar-refractivity contribution < 1.29 is 80.8 Å². The third-order valence-corrected chi connectivity index (χ3v) is 5.58. The molecule has 0 radical (unpaired) electrons. The van der Waals surface area contributed by atoms with Gasteiger partial charge in [0.15, 0.2) is 6.10 Å². The number of carbonyl (C=O) groups excluding carboxylic acids is 6. The van der Waals surface area contributed by atoms with E-state index in [9.17, 15) is 43.1 Å². The lowest BCUT2D eigenvalue weighted by molar-refractivity contribution is -0.156. The van der Waals surface area contributed by atoms with E-state index in [1.165, 1.54) is 20.8 Å². The third kappa shape index (κ3) is 24.0. The monoisotopic (exact) mass is 710 g/mol. The Bertz CT molecular complexity index is 1200. The van der Waals surface area contributed by atoms with Gasteiger partial charge in [-0.1, -0.05) is 19.7 Å². The normalized spacial score (nSPS) is 11.9. The third-order valence-electron chi connectivity index (χ3n) is 5.01. The van der Waals surface area contributed by atoms with Crippen molar-refractivity contribution in [1.29, 1.82) is 0 Å². The zero-order valence-electron chi connectivity index (χ0n) is 27.0. The highest BCUT2D eigenvalue weighted by atomic mass is 31.2. The summed E-state index contributed by atoms with van der Waals surface area (Å²) in [6, 6.07) is 0. The van der Waals surface area contributed by atoms with Crippen LogP contribution in [0.15, 0.2) is 36.5 Å². The van der Waals surface area contributed by atoms with Crippen LogP contribution in [0.3, 0.4) is 0 Å². The topological polar surface area (TPSA) is 258 Å². The van der Waals surface area contributed by atoms with Gasteiger partial charge in [-0.05, 0) is 27.2 Å². The van der Waals surface area contributed by atoms with Crippen molar-refractivity contribution in [2.24, 2.45) is 0 Å². The van der Waals surface area contributed by atoms with Crippen LogP contribution in [0.1, 0.15) is 33.6 Å². The Morgan fingerprint density at radius 1 is 0.646 bits per heavy atom. The van der Waals surface area contributed by atoms with Gasteiger partial charge in [0.2, 0.25) is 0 Å². The Balaban J connectivity index is 5.08. The van der Waals surface area contributed by atoms with E-state index in [2.05, 4.69) is 34.9 Å². The molecule has 0 fully saturated rings. The van der Waals surface area contributed by atoms with E-state index in [-0.39, 0.29) is 62.5 Å². The van der Waals surface area contributed by atoms with Crippen molar-refractivity contribution in [2.45, 2.75) is 45.8 Å². The van der Waals surface area contributed by atoms with Gasteiger partial charge in [0.05, 0.1) is 32.9 Å². The van der Waals surface area contributed by atoms with Crippen molar-refractivity contribution in [1.82, 2.24) is 10.6 Å². The Hall–Kier alpha value is -4.29. The quantitative estimate of drug-likeness (QED) is 0.0358. The number of carbonyl (C=O) groups is 6. The van der Waals surface area contributed by atoms with E-state index >= 15 is 0 Å². The van der Waals surface area contributed by atoms with Gasteiger partial charge in [-0.3, -0.25) is 9.32 Å². The molecule has 0 saturated heterocycles. The average molecular weight is 711 g/mol. The summed E-state index contributed by atoms with van der Waals surface area (Å²) in [5.41, 5.74) is 0.494. The molecule has 48 heavy (non-hydrogen) atoms. The summed E-state index contributed by atoms with van der Waals surface area (Å²) in [6.45, 7) is 11.5. The molecular formula is C28H43N2O17P. The number of phosphoric ester groups is 1. The maximum atomic E-state index is 12.4. The predicted octanol–water partition coefficient (Wildman–Crippen LogP) is 0.983.